The summed E-state index contributed by atoms with van der Waals surface area (Å²) in [5.74, 6) is -2.72. The first kappa shape index (κ1) is 14.9. The van der Waals surface area contributed by atoms with Crippen LogP contribution in [0.2, 0.25) is 5.02 Å². The van der Waals surface area contributed by atoms with Gasteiger partial charge in [-0.05, 0) is 18.2 Å². The molecule has 102 valence electrons. The molecule has 1 aromatic rings. The van der Waals surface area contributed by atoms with E-state index < -0.39 is 30.3 Å². The molecule has 0 spiro atoms. The lowest BCUT2D eigenvalue weighted by Gasteiger charge is -2.06. The Hall–Kier alpha value is -2.15. The number of carbonyl (C=O) groups excluding carboxylic acids is 3. The van der Waals surface area contributed by atoms with Crippen LogP contribution in [0, 0.1) is 5.82 Å². The lowest BCUT2D eigenvalue weighted by Crippen LogP contribution is -2.39. The van der Waals surface area contributed by atoms with Gasteiger partial charge in [0, 0.05) is 12.1 Å². The molecule has 0 unspecified atom stereocenters. The van der Waals surface area contributed by atoms with Crippen molar-refractivity contribution in [2.75, 3.05) is 13.7 Å². The number of amides is 3. The van der Waals surface area contributed by atoms with Crippen molar-refractivity contribution in [1.29, 1.82) is 0 Å². The first-order valence-corrected chi connectivity index (χ1v) is 5.45. The number of carbonyl (C=O) groups is 3. The molecule has 1 aromatic carbocycles. The van der Waals surface area contributed by atoms with Crippen LogP contribution in [0.3, 0.4) is 0 Å². The molecule has 8 heteroatoms. The molecule has 19 heavy (non-hydrogen) atoms. The number of esters is 1. The molecule has 3 amide bonds. The van der Waals surface area contributed by atoms with Crippen molar-refractivity contribution >= 4 is 29.5 Å². The Labute approximate surface area is 112 Å². The topological polar surface area (TPSA) is 84.5 Å². The summed E-state index contributed by atoms with van der Waals surface area (Å²) in [6, 6.07) is 2.66. The molecule has 0 heterocycles. The molecule has 1 rings (SSSR count). The van der Waals surface area contributed by atoms with Crippen molar-refractivity contribution in [3.63, 3.8) is 0 Å². The van der Waals surface area contributed by atoms with Crippen molar-refractivity contribution in [3.8, 4) is 0 Å². The molecular formula is C11H10ClFN2O4. The van der Waals surface area contributed by atoms with E-state index in [-0.39, 0.29) is 10.6 Å². The van der Waals surface area contributed by atoms with Gasteiger partial charge >= 0.3 is 12.0 Å². The summed E-state index contributed by atoms with van der Waals surface area (Å²) in [5, 5.41) is 4.15. The van der Waals surface area contributed by atoms with Gasteiger partial charge in [0.2, 0.25) is 0 Å². The number of hydrogen-bond donors (Lipinski definition) is 2. The Morgan fingerprint density at radius 3 is 2.63 bits per heavy atom. The maximum Gasteiger partial charge on any atom is 0.341 e. The summed E-state index contributed by atoms with van der Waals surface area (Å²) in [5.41, 5.74) is -0.350. The summed E-state index contributed by atoms with van der Waals surface area (Å²) < 4.78 is 17.9. The number of hydrogen-bond acceptors (Lipinski definition) is 4. The first-order valence-electron chi connectivity index (χ1n) is 5.07. The molecule has 2 N–H and O–H groups in total. The van der Waals surface area contributed by atoms with Crippen LogP contribution in [0.25, 0.3) is 0 Å². The van der Waals surface area contributed by atoms with Crippen LogP contribution in [0.5, 0.6) is 0 Å². The highest BCUT2D eigenvalue weighted by Crippen LogP contribution is 2.15. The highest BCUT2D eigenvalue weighted by Gasteiger charge is 2.15. The van der Waals surface area contributed by atoms with Gasteiger partial charge < -0.3 is 10.1 Å². The Kier molecular flexibility index (Phi) is 5.25. The van der Waals surface area contributed by atoms with Crippen LogP contribution < -0.4 is 10.6 Å². The Morgan fingerprint density at radius 1 is 1.37 bits per heavy atom. The smallest absolute Gasteiger partial charge is 0.341 e. The summed E-state index contributed by atoms with van der Waals surface area (Å²) in [6.45, 7) is -0.700. The van der Waals surface area contributed by atoms with Gasteiger partial charge in [-0.1, -0.05) is 11.6 Å². The van der Waals surface area contributed by atoms with E-state index in [9.17, 15) is 18.8 Å². The van der Waals surface area contributed by atoms with E-state index >= 15 is 0 Å². The summed E-state index contributed by atoms with van der Waals surface area (Å²) in [7, 11) is 1.32. The van der Waals surface area contributed by atoms with Gasteiger partial charge in [-0.3, -0.25) is 10.1 Å². The van der Waals surface area contributed by atoms with Crippen LogP contribution in [0.1, 0.15) is 10.4 Å². The molecule has 0 saturated heterocycles. The molecule has 0 aliphatic carbocycles. The van der Waals surface area contributed by atoms with Gasteiger partial charge in [0.1, 0.15) is 5.82 Å². The largest absolute Gasteiger partial charge is 0.452 e. The van der Waals surface area contributed by atoms with Crippen molar-refractivity contribution in [2.45, 2.75) is 0 Å². The molecule has 0 aromatic heterocycles. The molecule has 0 atom stereocenters. The molecule has 6 nitrogen and oxygen atoms in total. The number of nitrogens with one attached hydrogen (secondary N) is 2. The van der Waals surface area contributed by atoms with E-state index in [2.05, 4.69) is 10.1 Å². The predicted molar refractivity (Wildman–Crippen MR) is 64.3 cm³/mol. The van der Waals surface area contributed by atoms with Crippen molar-refractivity contribution < 1.29 is 23.5 Å². The second-order valence-corrected chi connectivity index (χ2v) is 3.76. The quantitative estimate of drug-likeness (QED) is 0.816. The molecular weight excluding hydrogens is 279 g/mol. The highest BCUT2D eigenvalue weighted by atomic mass is 35.5. The third kappa shape index (κ3) is 4.55. The maximum absolute atomic E-state index is 13.3. The van der Waals surface area contributed by atoms with E-state index in [1.165, 1.54) is 13.1 Å². The van der Waals surface area contributed by atoms with Gasteiger partial charge in [0.25, 0.3) is 5.91 Å². The lowest BCUT2D eigenvalue weighted by atomic mass is 10.2. The van der Waals surface area contributed by atoms with E-state index in [4.69, 9.17) is 11.6 Å². The van der Waals surface area contributed by atoms with Crippen LogP contribution in [0.15, 0.2) is 18.2 Å². The van der Waals surface area contributed by atoms with Gasteiger partial charge in [-0.2, -0.15) is 0 Å². The summed E-state index contributed by atoms with van der Waals surface area (Å²) in [4.78, 5) is 33.3. The fraction of sp³-hybridized carbons (Fsp3) is 0.182. The number of ether oxygens (including phenoxy) is 1. The number of rotatable bonds is 3. The minimum absolute atomic E-state index is 0.131. The zero-order chi connectivity index (χ0) is 14.4. The van der Waals surface area contributed by atoms with Gasteiger partial charge in [-0.25, -0.2) is 14.0 Å². The normalized spacial score (nSPS) is 9.63. The number of imide groups is 1. The molecule has 0 aliphatic heterocycles. The predicted octanol–water partition coefficient (Wildman–Crippen LogP) is 1.09. The van der Waals surface area contributed by atoms with E-state index in [1.54, 1.807) is 0 Å². The van der Waals surface area contributed by atoms with E-state index in [1.807, 2.05) is 5.32 Å². The second kappa shape index (κ2) is 6.69. The van der Waals surface area contributed by atoms with Crippen LogP contribution in [-0.4, -0.2) is 31.6 Å². The van der Waals surface area contributed by atoms with Crippen molar-refractivity contribution in [2.24, 2.45) is 0 Å². The summed E-state index contributed by atoms with van der Waals surface area (Å²) >= 11 is 5.52. The Balaban J connectivity index is 2.56. The monoisotopic (exact) mass is 288 g/mol. The second-order valence-electron chi connectivity index (χ2n) is 3.33. The minimum atomic E-state index is -1.03. The SMILES string of the molecule is CNC(=O)NC(=O)COC(=O)c1ccc(Cl)cc1F. The van der Waals surface area contributed by atoms with Crippen LogP contribution in [-0.2, 0) is 9.53 Å². The third-order valence-corrected chi connectivity index (χ3v) is 2.20. The van der Waals surface area contributed by atoms with Crippen LogP contribution >= 0.6 is 11.6 Å². The Bertz CT molecular complexity index is 521. The first-order chi connectivity index (χ1) is 8.93. The van der Waals surface area contributed by atoms with Crippen molar-refractivity contribution in [3.05, 3.63) is 34.6 Å². The number of halogens is 2. The fourth-order valence-corrected chi connectivity index (χ4v) is 1.25. The van der Waals surface area contributed by atoms with E-state index in [0.29, 0.717) is 0 Å². The zero-order valence-corrected chi connectivity index (χ0v) is 10.6. The number of benzene rings is 1. The van der Waals surface area contributed by atoms with Gasteiger partial charge in [-0.15, -0.1) is 0 Å². The van der Waals surface area contributed by atoms with Gasteiger partial charge in [0.15, 0.2) is 6.61 Å². The average molecular weight is 289 g/mol. The highest BCUT2D eigenvalue weighted by molar-refractivity contribution is 6.30. The van der Waals surface area contributed by atoms with E-state index in [0.717, 1.165) is 12.1 Å². The fourth-order valence-electron chi connectivity index (χ4n) is 1.09. The lowest BCUT2D eigenvalue weighted by molar-refractivity contribution is -0.123. The number of urea groups is 1. The summed E-state index contributed by atoms with van der Waals surface area (Å²) in [6.07, 6.45) is 0. The molecule has 0 radical (unpaired) electrons. The molecule has 0 saturated carbocycles. The maximum atomic E-state index is 13.3. The zero-order valence-electron chi connectivity index (χ0n) is 9.83. The third-order valence-electron chi connectivity index (χ3n) is 1.97. The minimum Gasteiger partial charge on any atom is -0.452 e. The Morgan fingerprint density at radius 2 is 2.05 bits per heavy atom. The van der Waals surface area contributed by atoms with Crippen LogP contribution in [0.4, 0.5) is 9.18 Å². The molecule has 0 aliphatic rings. The average Bonchev–Trinajstić information content (AvgIpc) is 2.35. The molecule has 0 bridgehead atoms. The van der Waals surface area contributed by atoms with Crippen molar-refractivity contribution in [1.82, 2.24) is 10.6 Å². The molecule has 0 fully saturated rings. The van der Waals surface area contributed by atoms with Gasteiger partial charge in [0.05, 0.1) is 5.56 Å². The standard InChI is InChI=1S/C11H10ClFN2O4/c1-14-11(18)15-9(16)5-19-10(17)7-3-2-6(12)4-8(7)13/h2-4H,5H2,1H3,(H2,14,15,16,18).